The van der Waals surface area contributed by atoms with E-state index in [2.05, 4.69) is 10.2 Å². The molecule has 1 heterocycles. The third-order valence-electron chi connectivity index (χ3n) is 3.55. The van der Waals surface area contributed by atoms with Gasteiger partial charge < -0.3 is 10.6 Å². The van der Waals surface area contributed by atoms with Gasteiger partial charge in [0, 0.05) is 11.3 Å². The van der Waals surface area contributed by atoms with Crippen molar-refractivity contribution in [3.05, 3.63) is 59.9 Å². The first-order valence-electron chi connectivity index (χ1n) is 7.92. The number of nitrogens with two attached hydrogens (primary N) is 1. The average Bonchev–Trinajstić information content (AvgIpc) is 2.96. The van der Waals surface area contributed by atoms with Crippen molar-refractivity contribution >= 4 is 11.8 Å². The van der Waals surface area contributed by atoms with Crippen LogP contribution in [0.1, 0.15) is 12.0 Å². The maximum atomic E-state index is 13.0. The van der Waals surface area contributed by atoms with Gasteiger partial charge in [-0.15, -0.1) is 10.2 Å². The zero-order valence-corrected chi connectivity index (χ0v) is 14.7. The molecule has 5 nitrogen and oxygen atoms in total. The molecule has 7 heteroatoms. The topological polar surface area (TPSA) is 66.0 Å². The van der Waals surface area contributed by atoms with Crippen molar-refractivity contribution < 1.29 is 9.13 Å². The summed E-state index contributed by atoms with van der Waals surface area (Å²) in [4.78, 5) is 0. The fraction of sp³-hybridized carbons (Fsp3) is 0.222. The summed E-state index contributed by atoms with van der Waals surface area (Å²) in [5, 5.41) is 8.80. The number of hydrogen-bond donors (Lipinski definition) is 1. The Balaban J connectivity index is 1.50. The SMILES string of the molecule is Cc1cccc(OCCCSc2nnc(-c3ccc(F)cc3)n2N)c1. The molecule has 1 aromatic heterocycles. The molecule has 0 spiro atoms. The van der Waals surface area contributed by atoms with Crippen LogP contribution in [-0.2, 0) is 0 Å². The molecule has 3 aromatic rings. The molecule has 0 aliphatic rings. The second kappa shape index (κ2) is 8.02. The summed E-state index contributed by atoms with van der Waals surface area (Å²) >= 11 is 1.51. The number of nitrogens with zero attached hydrogens (tertiary/aromatic N) is 3. The summed E-state index contributed by atoms with van der Waals surface area (Å²) < 4.78 is 20.1. The Morgan fingerprint density at radius 3 is 2.72 bits per heavy atom. The Bertz CT molecular complexity index is 835. The number of benzene rings is 2. The lowest BCUT2D eigenvalue weighted by atomic mass is 10.2. The highest BCUT2D eigenvalue weighted by Gasteiger charge is 2.12. The lowest BCUT2D eigenvalue weighted by Gasteiger charge is -2.07. The van der Waals surface area contributed by atoms with E-state index in [1.165, 1.54) is 34.1 Å². The van der Waals surface area contributed by atoms with E-state index in [4.69, 9.17) is 10.6 Å². The minimum absolute atomic E-state index is 0.296. The zero-order valence-electron chi connectivity index (χ0n) is 13.9. The van der Waals surface area contributed by atoms with Gasteiger partial charge in [-0.1, -0.05) is 23.9 Å². The number of thioether (sulfide) groups is 1. The average molecular weight is 358 g/mol. The van der Waals surface area contributed by atoms with Crippen LogP contribution >= 0.6 is 11.8 Å². The third-order valence-corrected chi connectivity index (χ3v) is 4.57. The van der Waals surface area contributed by atoms with Crippen molar-refractivity contribution in [3.8, 4) is 17.1 Å². The molecule has 0 saturated carbocycles. The summed E-state index contributed by atoms with van der Waals surface area (Å²) in [6.07, 6.45) is 0.858. The molecule has 2 aromatic carbocycles. The highest BCUT2D eigenvalue weighted by atomic mass is 32.2. The van der Waals surface area contributed by atoms with E-state index in [1.807, 2.05) is 31.2 Å². The first-order chi connectivity index (χ1) is 12.1. The normalized spacial score (nSPS) is 10.8. The van der Waals surface area contributed by atoms with E-state index >= 15 is 0 Å². The summed E-state index contributed by atoms with van der Waals surface area (Å²) in [6, 6.07) is 14.0. The Hall–Kier alpha value is -2.54. The second-order valence-electron chi connectivity index (χ2n) is 5.55. The molecule has 0 unspecified atom stereocenters. The minimum Gasteiger partial charge on any atom is -0.494 e. The predicted molar refractivity (Wildman–Crippen MR) is 97.6 cm³/mol. The summed E-state index contributed by atoms with van der Waals surface area (Å²) in [6.45, 7) is 2.66. The highest BCUT2D eigenvalue weighted by molar-refractivity contribution is 7.99. The lowest BCUT2D eigenvalue weighted by Crippen LogP contribution is -2.12. The van der Waals surface area contributed by atoms with Crippen LogP contribution in [0, 0.1) is 12.7 Å². The van der Waals surface area contributed by atoms with Crippen molar-refractivity contribution in [2.75, 3.05) is 18.2 Å². The molecule has 0 atom stereocenters. The number of aryl methyl sites for hydroxylation is 1. The van der Waals surface area contributed by atoms with Crippen LogP contribution in [0.25, 0.3) is 11.4 Å². The lowest BCUT2D eigenvalue weighted by molar-refractivity contribution is 0.318. The molecule has 2 N–H and O–H groups in total. The van der Waals surface area contributed by atoms with E-state index in [1.54, 1.807) is 12.1 Å². The minimum atomic E-state index is -0.296. The van der Waals surface area contributed by atoms with Crippen LogP contribution in [-0.4, -0.2) is 27.2 Å². The van der Waals surface area contributed by atoms with Crippen LogP contribution in [0.2, 0.25) is 0 Å². The fourth-order valence-electron chi connectivity index (χ4n) is 2.29. The van der Waals surface area contributed by atoms with Crippen LogP contribution < -0.4 is 10.6 Å². The molecule has 25 heavy (non-hydrogen) atoms. The standard InChI is InChI=1S/C18H19FN4OS/c1-13-4-2-5-16(12-13)24-10-3-11-25-18-22-21-17(23(18)20)14-6-8-15(19)9-7-14/h2,4-9,12H,3,10-11,20H2,1H3. The Morgan fingerprint density at radius 2 is 1.96 bits per heavy atom. The summed E-state index contributed by atoms with van der Waals surface area (Å²) in [7, 11) is 0. The zero-order chi connectivity index (χ0) is 17.6. The molecule has 3 rings (SSSR count). The van der Waals surface area contributed by atoms with Crippen LogP contribution in [0.4, 0.5) is 4.39 Å². The third kappa shape index (κ3) is 4.51. The second-order valence-corrected chi connectivity index (χ2v) is 6.61. The van der Waals surface area contributed by atoms with Gasteiger partial charge in [-0.25, -0.2) is 9.07 Å². The van der Waals surface area contributed by atoms with Gasteiger partial charge in [0.2, 0.25) is 5.16 Å². The van der Waals surface area contributed by atoms with E-state index in [-0.39, 0.29) is 5.82 Å². The van der Waals surface area contributed by atoms with Gasteiger partial charge in [-0.2, -0.15) is 0 Å². The first-order valence-corrected chi connectivity index (χ1v) is 8.91. The maximum Gasteiger partial charge on any atom is 0.210 e. The number of ether oxygens (including phenoxy) is 1. The largest absolute Gasteiger partial charge is 0.494 e. The van der Waals surface area contributed by atoms with Crippen LogP contribution in [0.3, 0.4) is 0 Å². The van der Waals surface area contributed by atoms with Crippen molar-refractivity contribution in [3.63, 3.8) is 0 Å². The van der Waals surface area contributed by atoms with Gasteiger partial charge in [-0.3, -0.25) is 0 Å². The number of hydrogen-bond acceptors (Lipinski definition) is 5. The maximum absolute atomic E-state index is 13.0. The number of nitrogen functional groups attached to an aromatic ring is 1. The van der Waals surface area contributed by atoms with Gasteiger partial charge in [-0.05, 0) is 55.3 Å². The van der Waals surface area contributed by atoms with Crippen LogP contribution in [0.15, 0.2) is 53.7 Å². The Kier molecular flexibility index (Phi) is 5.55. The molecule has 0 bridgehead atoms. The van der Waals surface area contributed by atoms with E-state index in [0.29, 0.717) is 17.6 Å². The Labute approximate surface area is 150 Å². The van der Waals surface area contributed by atoms with E-state index in [9.17, 15) is 4.39 Å². The monoisotopic (exact) mass is 358 g/mol. The Morgan fingerprint density at radius 1 is 1.16 bits per heavy atom. The quantitative estimate of drug-likeness (QED) is 0.397. The van der Waals surface area contributed by atoms with E-state index < -0.39 is 0 Å². The van der Waals surface area contributed by atoms with Gasteiger partial charge in [0.05, 0.1) is 6.61 Å². The van der Waals surface area contributed by atoms with Gasteiger partial charge in [0.25, 0.3) is 0 Å². The molecule has 0 amide bonds. The molecule has 0 fully saturated rings. The molecular formula is C18H19FN4OS. The first kappa shape index (κ1) is 17.3. The number of aromatic nitrogens is 3. The summed E-state index contributed by atoms with van der Waals surface area (Å²) in [5.74, 6) is 7.95. The molecule has 0 aliphatic carbocycles. The number of rotatable bonds is 7. The van der Waals surface area contributed by atoms with Gasteiger partial charge in [0.1, 0.15) is 11.6 Å². The van der Waals surface area contributed by atoms with Gasteiger partial charge in [0.15, 0.2) is 5.82 Å². The molecule has 0 radical (unpaired) electrons. The molecular weight excluding hydrogens is 339 g/mol. The molecule has 0 aliphatic heterocycles. The highest BCUT2D eigenvalue weighted by Crippen LogP contribution is 2.22. The van der Waals surface area contributed by atoms with Crippen molar-refractivity contribution in [1.82, 2.24) is 14.9 Å². The molecule has 0 saturated heterocycles. The summed E-state index contributed by atoms with van der Waals surface area (Å²) in [5.41, 5.74) is 1.91. The predicted octanol–water partition coefficient (Wildman–Crippen LogP) is 3.67. The van der Waals surface area contributed by atoms with Crippen molar-refractivity contribution in [1.29, 1.82) is 0 Å². The fourth-order valence-corrected chi connectivity index (χ4v) is 3.06. The van der Waals surface area contributed by atoms with E-state index in [0.717, 1.165) is 23.5 Å². The van der Waals surface area contributed by atoms with Crippen LogP contribution in [0.5, 0.6) is 5.75 Å². The van der Waals surface area contributed by atoms with Crippen molar-refractivity contribution in [2.45, 2.75) is 18.5 Å². The molecule has 130 valence electrons. The number of halogens is 1. The van der Waals surface area contributed by atoms with Gasteiger partial charge >= 0.3 is 0 Å². The van der Waals surface area contributed by atoms with Crippen molar-refractivity contribution in [2.24, 2.45) is 0 Å². The smallest absolute Gasteiger partial charge is 0.210 e.